The number of benzene rings is 1. The Morgan fingerprint density at radius 1 is 1.27 bits per heavy atom. The van der Waals surface area contributed by atoms with Gasteiger partial charge in [-0.15, -0.1) is 24.0 Å². The average Bonchev–Trinajstić information content (AvgIpc) is 2.63. The molecule has 148 valence electrons. The number of para-hydroxylation sites is 1. The first kappa shape index (κ1) is 24.7. The molecule has 0 aliphatic heterocycles. The van der Waals surface area contributed by atoms with Crippen molar-refractivity contribution in [1.29, 1.82) is 0 Å². The standard InChI is InChI=1S/C19H32N4O2.HI/c1-5-14-25-18-10-8-7-9-17(18)16-22-19(20-6-2)21-11-12-23(3)13-15-24-4;/h5,7-10H,1,6,11-16H2,2-4H3,(H2,20,21,22);1H. The highest BCUT2D eigenvalue weighted by Crippen LogP contribution is 2.18. The molecule has 0 fully saturated rings. The molecule has 0 atom stereocenters. The molecular weight excluding hydrogens is 443 g/mol. The van der Waals surface area contributed by atoms with Gasteiger partial charge in [0.15, 0.2) is 5.96 Å². The number of methoxy groups -OCH3 is 1. The molecule has 0 bridgehead atoms. The summed E-state index contributed by atoms with van der Waals surface area (Å²) in [6.45, 7) is 11.0. The van der Waals surface area contributed by atoms with Gasteiger partial charge in [-0.2, -0.15) is 0 Å². The highest BCUT2D eigenvalue weighted by Gasteiger charge is 2.04. The van der Waals surface area contributed by atoms with E-state index >= 15 is 0 Å². The van der Waals surface area contributed by atoms with Crippen LogP contribution in [0.1, 0.15) is 12.5 Å². The molecule has 26 heavy (non-hydrogen) atoms. The SMILES string of the molecule is C=CCOc1ccccc1CN=C(NCC)NCCN(C)CCOC.I. The number of hydrogen-bond donors (Lipinski definition) is 2. The molecule has 0 aromatic heterocycles. The third-order valence-electron chi connectivity index (χ3n) is 3.54. The summed E-state index contributed by atoms with van der Waals surface area (Å²) >= 11 is 0. The number of aliphatic imine (C=N–C) groups is 1. The molecule has 0 spiro atoms. The Bertz CT molecular complexity index is 526. The summed E-state index contributed by atoms with van der Waals surface area (Å²) in [6, 6.07) is 7.95. The Morgan fingerprint density at radius 3 is 2.73 bits per heavy atom. The Balaban J connectivity index is 0.00000625. The quantitative estimate of drug-likeness (QED) is 0.210. The lowest BCUT2D eigenvalue weighted by atomic mass is 10.2. The smallest absolute Gasteiger partial charge is 0.191 e. The van der Waals surface area contributed by atoms with Gasteiger partial charge in [-0.05, 0) is 20.0 Å². The normalized spacial score (nSPS) is 11.0. The molecule has 2 N–H and O–H groups in total. The average molecular weight is 476 g/mol. The summed E-state index contributed by atoms with van der Waals surface area (Å²) in [5, 5.41) is 6.63. The van der Waals surface area contributed by atoms with Crippen molar-refractivity contribution in [3.05, 3.63) is 42.5 Å². The molecule has 0 radical (unpaired) electrons. The van der Waals surface area contributed by atoms with E-state index in [4.69, 9.17) is 9.47 Å². The highest BCUT2D eigenvalue weighted by molar-refractivity contribution is 14.0. The number of ether oxygens (including phenoxy) is 2. The zero-order chi connectivity index (χ0) is 18.3. The van der Waals surface area contributed by atoms with Crippen molar-refractivity contribution in [3.63, 3.8) is 0 Å². The molecule has 7 heteroatoms. The Labute approximate surface area is 175 Å². The van der Waals surface area contributed by atoms with Crippen molar-refractivity contribution >= 4 is 29.9 Å². The molecule has 1 aromatic rings. The van der Waals surface area contributed by atoms with Crippen LogP contribution in [0.3, 0.4) is 0 Å². The Hall–Kier alpha value is -1.32. The first-order chi connectivity index (χ1) is 12.2. The topological polar surface area (TPSA) is 58.1 Å². The van der Waals surface area contributed by atoms with Crippen LogP contribution in [0.4, 0.5) is 0 Å². The molecule has 0 saturated heterocycles. The number of rotatable bonds is 12. The predicted molar refractivity (Wildman–Crippen MR) is 120 cm³/mol. The lowest BCUT2D eigenvalue weighted by Crippen LogP contribution is -2.41. The van der Waals surface area contributed by atoms with E-state index in [9.17, 15) is 0 Å². The molecule has 1 rings (SSSR count). The van der Waals surface area contributed by atoms with E-state index in [1.165, 1.54) is 0 Å². The maximum absolute atomic E-state index is 5.68. The van der Waals surface area contributed by atoms with Crippen LogP contribution in [0.2, 0.25) is 0 Å². The maximum atomic E-state index is 5.68. The minimum atomic E-state index is 0. The third-order valence-corrected chi connectivity index (χ3v) is 3.54. The molecule has 0 saturated carbocycles. The van der Waals surface area contributed by atoms with Gasteiger partial charge in [0.1, 0.15) is 12.4 Å². The number of guanidine groups is 1. The van der Waals surface area contributed by atoms with Crippen molar-refractivity contribution in [3.8, 4) is 5.75 Å². The summed E-state index contributed by atoms with van der Waals surface area (Å²) in [6.07, 6.45) is 1.74. The van der Waals surface area contributed by atoms with Crippen molar-refractivity contribution in [2.24, 2.45) is 4.99 Å². The first-order valence-corrected chi connectivity index (χ1v) is 8.72. The van der Waals surface area contributed by atoms with E-state index < -0.39 is 0 Å². The summed E-state index contributed by atoms with van der Waals surface area (Å²) < 4.78 is 10.8. The van der Waals surface area contributed by atoms with Crippen LogP contribution in [-0.4, -0.2) is 64.4 Å². The first-order valence-electron chi connectivity index (χ1n) is 8.72. The second-order valence-corrected chi connectivity index (χ2v) is 5.63. The van der Waals surface area contributed by atoms with Crippen LogP contribution >= 0.6 is 24.0 Å². The summed E-state index contributed by atoms with van der Waals surface area (Å²) in [4.78, 5) is 6.88. The van der Waals surface area contributed by atoms with E-state index in [0.29, 0.717) is 13.2 Å². The van der Waals surface area contributed by atoms with Crippen molar-refractivity contribution < 1.29 is 9.47 Å². The fraction of sp³-hybridized carbons (Fsp3) is 0.526. The molecule has 0 heterocycles. The number of nitrogens with one attached hydrogen (secondary N) is 2. The number of hydrogen-bond acceptors (Lipinski definition) is 4. The third kappa shape index (κ3) is 10.6. The second kappa shape index (κ2) is 15.9. The van der Waals surface area contributed by atoms with Crippen LogP contribution in [0.5, 0.6) is 5.75 Å². The molecule has 0 aliphatic carbocycles. The van der Waals surface area contributed by atoms with Gasteiger partial charge in [-0.3, -0.25) is 0 Å². The molecule has 0 amide bonds. The molecule has 0 unspecified atom stereocenters. The lowest BCUT2D eigenvalue weighted by molar-refractivity contribution is 0.162. The summed E-state index contributed by atoms with van der Waals surface area (Å²) in [7, 11) is 3.80. The molecule has 0 aliphatic rings. The van der Waals surface area contributed by atoms with Gasteiger partial charge < -0.3 is 25.0 Å². The lowest BCUT2D eigenvalue weighted by Gasteiger charge is -2.18. The van der Waals surface area contributed by atoms with Gasteiger partial charge in [-0.25, -0.2) is 4.99 Å². The van der Waals surface area contributed by atoms with Gasteiger partial charge in [0, 0.05) is 38.9 Å². The van der Waals surface area contributed by atoms with Crippen molar-refractivity contribution in [1.82, 2.24) is 15.5 Å². The number of halogens is 1. The largest absolute Gasteiger partial charge is 0.489 e. The summed E-state index contributed by atoms with van der Waals surface area (Å²) in [5.41, 5.74) is 1.05. The van der Waals surface area contributed by atoms with Crippen molar-refractivity contribution in [2.45, 2.75) is 13.5 Å². The molecular formula is C19H33IN4O2. The fourth-order valence-electron chi connectivity index (χ4n) is 2.15. The minimum absolute atomic E-state index is 0. The van der Waals surface area contributed by atoms with E-state index in [2.05, 4.69) is 41.1 Å². The molecule has 1 aromatic carbocycles. The maximum Gasteiger partial charge on any atom is 0.191 e. The van der Waals surface area contributed by atoms with Gasteiger partial charge in [0.2, 0.25) is 0 Å². The van der Waals surface area contributed by atoms with Crippen LogP contribution in [0.25, 0.3) is 0 Å². The van der Waals surface area contributed by atoms with Gasteiger partial charge >= 0.3 is 0 Å². The number of likely N-dealkylation sites (N-methyl/N-ethyl adjacent to an activating group) is 1. The highest BCUT2D eigenvalue weighted by atomic mass is 127. The predicted octanol–water partition coefficient (Wildman–Crippen LogP) is 2.50. The molecule has 6 nitrogen and oxygen atoms in total. The number of nitrogens with zero attached hydrogens (tertiary/aromatic N) is 2. The Morgan fingerprint density at radius 2 is 2.04 bits per heavy atom. The van der Waals surface area contributed by atoms with E-state index in [1.54, 1.807) is 13.2 Å². The zero-order valence-electron chi connectivity index (χ0n) is 16.2. The van der Waals surface area contributed by atoms with E-state index in [-0.39, 0.29) is 24.0 Å². The van der Waals surface area contributed by atoms with Crippen LogP contribution in [0.15, 0.2) is 41.9 Å². The van der Waals surface area contributed by atoms with Crippen LogP contribution < -0.4 is 15.4 Å². The van der Waals surface area contributed by atoms with E-state index in [0.717, 1.165) is 50.1 Å². The van der Waals surface area contributed by atoms with Gasteiger partial charge in [0.05, 0.1) is 13.2 Å². The second-order valence-electron chi connectivity index (χ2n) is 5.63. The zero-order valence-corrected chi connectivity index (χ0v) is 18.5. The minimum Gasteiger partial charge on any atom is -0.489 e. The van der Waals surface area contributed by atoms with Gasteiger partial charge in [0.25, 0.3) is 0 Å². The van der Waals surface area contributed by atoms with Gasteiger partial charge in [-0.1, -0.05) is 30.9 Å². The van der Waals surface area contributed by atoms with E-state index in [1.807, 2.05) is 24.3 Å². The summed E-state index contributed by atoms with van der Waals surface area (Å²) in [5.74, 6) is 1.66. The van der Waals surface area contributed by atoms with Crippen LogP contribution in [-0.2, 0) is 11.3 Å². The fourth-order valence-corrected chi connectivity index (χ4v) is 2.15. The Kier molecular flexibility index (Phi) is 15.1. The monoisotopic (exact) mass is 476 g/mol. The van der Waals surface area contributed by atoms with Crippen LogP contribution in [0, 0.1) is 0 Å². The van der Waals surface area contributed by atoms with Crippen molar-refractivity contribution in [2.75, 3.05) is 53.6 Å².